The molecule has 0 aliphatic heterocycles. The summed E-state index contributed by atoms with van der Waals surface area (Å²) in [5, 5.41) is 6.57. The van der Waals surface area contributed by atoms with E-state index in [0.29, 0.717) is 28.9 Å². The predicted molar refractivity (Wildman–Crippen MR) is 109 cm³/mol. The number of aromatic nitrogens is 1. The van der Waals surface area contributed by atoms with Gasteiger partial charge in [0.05, 0.1) is 18.4 Å². The highest BCUT2D eigenvalue weighted by Crippen LogP contribution is 2.36. The summed E-state index contributed by atoms with van der Waals surface area (Å²) in [6.07, 6.45) is 0.537. The van der Waals surface area contributed by atoms with Gasteiger partial charge in [-0.05, 0) is 36.2 Å². The number of nitrogens with zero attached hydrogens (tertiary/aromatic N) is 1. The van der Waals surface area contributed by atoms with E-state index in [4.69, 9.17) is 9.26 Å². The van der Waals surface area contributed by atoms with E-state index < -0.39 is 10.0 Å². The summed E-state index contributed by atoms with van der Waals surface area (Å²) >= 11 is 0. The number of hydrogen-bond donors (Lipinski definition) is 2. The van der Waals surface area contributed by atoms with E-state index in [9.17, 15) is 13.2 Å². The van der Waals surface area contributed by atoms with Gasteiger partial charge in [-0.25, -0.2) is 8.42 Å². The molecular formula is C20H21N3O5S. The van der Waals surface area contributed by atoms with Gasteiger partial charge in [0.2, 0.25) is 11.8 Å². The van der Waals surface area contributed by atoms with Crippen molar-refractivity contribution in [3.8, 4) is 16.9 Å². The van der Waals surface area contributed by atoms with Crippen LogP contribution < -0.4 is 14.8 Å². The van der Waals surface area contributed by atoms with Gasteiger partial charge in [-0.15, -0.1) is 0 Å². The Hall–Kier alpha value is -3.33. The molecule has 9 heteroatoms. The fraction of sp³-hybridized carbons (Fsp3) is 0.200. The highest BCUT2D eigenvalue weighted by Gasteiger charge is 2.24. The minimum Gasteiger partial charge on any atom is -0.495 e. The highest BCUT2D eigenvalue weighted by atomic mass is 32.2. The minimum absolute atomic E-state index is 0.0432. The first-order valence-corrected chi connectivity index (χ1v) is 10.4. The number of sulfonamides is 1. The molecule has 1 heterocycles. The molecular weight excluding hydrogens is 394 g/mol. The Kier molecular flexibility index (Phi) is 5.88. The number of benzene rings is 2. The van der Waals surface area contributed by atoms with E-state index in [-0.39, 0.29) is 22.4 Å². The van der Waals surface area contributed by atoms with E-state index in [1.54, 1.807) is 42.5 Å². The van der Waals surface area contributed by atoms with Crippen LogP contribution in [-0.2, 0) is 21.2 Å². The number of nitrogens with one attached hydrogen (secondary N) is 2. The number of hydrogen-bond acceptors (Lipinski definition) is 6. The maximum absolute atomic E-state index is 13.0. The lowest BCUT2D eigenvalue weighted by Gasteiger charge is -2.13. The molecule has 1 amide bonds. The number of rotatable bonds is 7. The molecule has 0 fully saturated rings. The summed E-state index contributed by atoms with van der Waals surface area (Å²) in [5.41, 5.74) is 2.08. The molecule has 8 nitrogen and oxygen atoms in total. The molecule has 152 valence electrons. The van der Waals surface area contributed by atoms with Gasteiger partial charge in [-0.2, -0.15) is 0 Å². The standard InChI is InChI=1S/C20H21N3O5S/c1-4-16-19(20(28-22-16)21-13(2)24)14-10-11-17(27-3)18(12-14)29(25,26)23-15-8-6-5-7-9-15/h5-12,23H,4H2,1-3H3,(H,21,24). The van der Waals surface area contributed by atoms with Crippen molar-refractivity contribution in [1.82, 2.24) is 5.16 Å². The van der Waals surface area contributed by atoms with Crippen molar-refractivity contribution in [3.05, 3.63) is 54.2 Å². The van der Waals surface area contributed by atoms with Crippen LogP contribution in [0.5, 0.6) is 5.75 Å². The summed E-state index contributed by atoms with van der Waals surface area (Å²) in [6, 6.07) is 13.3. The summed E-state index contributed by atoms with van der Waals surface area (Å²) in [4.78, 5) is 11.5. The van der Waals surface area contributed by atoms with Crippen LogP contribution in [0, 0.1) is 0 Å². The van der Waals surface area contributed by atoms with E-state index in [2.05, 4.69) is 15.2 Å². The summed E-state index contributed by atoms with van der Waals surface area (Å²) in [6.45, 7) is 3.24. The number of para-hydroxylation sites is 1. The fourth-order valence-corrected chi connectivity index (χ4v) is 4.12. The molecule has 0 unspecified atom stereocenters. The van der Waals surface area contributed by atoms with Crippen molar-refractivity contribution in [1.29, 1.82) is 0 Å². The molecule has 0 bridgehead atoms. The molecule has 3 rings (SSSR count). The average Bonchev–Trinajstić information content (AvgIpc) is 3.09. The lowest BCUT2D eigenvalue weighted by molar-refractivity contribution is -0.114. The van der Waals surface area contributed by atoms with Gasteiger partial charge < -0.3 is 9.26 Å². The lowest BCUT2D eigenvalue weighted by atomic mass is 10.0. The van der Waals surface area contributed by atoms with Crippen molar-refractivity contribution in [2.24, 2.45) is 0 Å². The van der Waals surface area contributed by atoms with E-state index in [1.807, 2.05) is 6.92 Å². The summed E-state index contributed by atoms with van der Waals surface area (Å²) in [5.74, 6) is 0.0313. The van der Waals surface area contributed by atoms with Gasteiger partial charge >= 0.3 is 0 Å². The van der Waals surface area contributed by atoms with E-state index in [1.165, 1.54) is 20.1 Å². The average molecular weight is 415 g/mol. The SMILES string of the molecule is CCc1noc(NC(C)=O)c1-c1ccc(OC)c(S(=O)(=O)Nc2ccccc2)c1. The zero-order valence-corrected chi connectivity index (χ0v) is 17.0. The largest absolute Gasteiger partial charge is 0.495 e. The minimum atomic E-state index is -3.94. The predicted octanol–water partition coefficient (Wildman–Crippen LogP) is 3.67. The molecule has 0 saturated carbocycles. The third-order valence-corrected chi connectivity index (χ3v) is 5.56. The number of carbonyl (C=O) groups excluding carboxylic acids is 1. The quantitative estimate of drug-likeness (QED) is 0.609. The second kappa shape index (κ2) is 8.36. The highest BCUT2D eigenvalue weighted by molar-refractivity contribution is 7.92. The first-order valence-electron chi connectivity index (χ1n) is 8.88. The molecule has 1 aromatic heterocycles. The molecule has 2 aromatic carbocycles. The number of ether oxygens (including phenoxy) is 1. The smallest absolute Gasteiger partial charge is 0.265 e. The molecule has 29 heavy (non-hydrogen) atoms. The van der Waals surface area contributed by atoms with Crippen molar-refractivity contribution < 1.29 is 22.5 Å². The Balaban J connectivity index is 2.11. The normalized spacial score (nSPS) is 11.1. The van der Waals surface area contributed by atoms with E-state index in [0.717, 1.165) is 0 Å². The molecule has 2 N–H and O–H groups in total. The second-order valence-electron chi connectivity index (χ2n) is 6.21. The topological polar surface area (TPSA) is 111 Å². The Morgan fingerprint density at radius 2 is 1.90 bits per heavy atom. The van der Waals surface area contributed by atoms with Crippen molar-refractivity contribution in [2.75, 3.05) is 17.1 Å². The summed E-state index contributed by atoms with van der Waals surface area (Å²) < 4.78 is 39.1. The summed E-state index contributed by atoms with van der Waals surface area (Å²) in [7, 11) is -2.54. The molecule has 0 aliphatic carbocycles. The molecule has 0 aliphatic rings. The fourth-order valence-electron chi connectivity index (χ4n) is 2.87. The van der Waals surface area contributed by atoms with Crippen LogP contribution in [0.15, 0.2) is 57.9 Å². The zero-order valence-electron chi connectivity index (χ0n) is 16.2. The molecule has 0 saturated heterocycles. The lowest BCUT2D eigenvalue weighted by Crippen LogP contribution is -2.14. The van der Waals surface area contributed by atoms with Crippen LogP contribution in [0.2, 0.25) is 0 Å². The Morgan fingerprint density at radius 3 is 2.52 bits per heavy atom. The van der Waals surface area contributed by atoms with Gasteiger partial charge in [-0.1, -0.05) is 36.3 Å². The van der Waals surface area contributed by atoms with Crippen LogP contribution in [0.3, 0.4) is 0 Å². The van der Waals surface area contributed by atoms with Crippen molar-refractivity contribution >= 4 is 27.5 Å². The first kappa shape index (κ1) is 20.4. The maximum atomic E-state index is 13.0. The van der Waals surface area contributed by atoms with Crippen molar-refractivity contribution in [3.63, 3.8) is 0 Å². The number of methoxy groups -OCH3 is 1. The molecule has 0 atom stereocenters. The molecule has 0 spiro atoms. The Morgan fingerprint density at radius 1 is 1.17 bits per heavy atom. The Labute approximate surface area is 168 Å². The number of carbonyl (C=O) groups is 1. The molecule has 0 radical (unpaired) electrons. The zero-order chi connectivity index (χ0) is 21.0. The third kappa shape index (κ3) is 4.40. The van der Waals surface area contributed by atoms with Gasteiger partial charge in [0, 0.05) is 12.6 Å². The first-order chi connectivity index (χ1) is 13.9. The number of amides is 1. The maximum Gasteiger partial charge on any atom is 0.265 e. The Bertz CT molecular complexity index is 1120. The third-order valence-electron chi connectivity index (χ3n) is 4.16. The second-order valence-corrected chi connectivity index (χ2v) is 7.86. The van der Waals surface area contributed by atoms with Gasteiger partial charge in [0.25, 0.3) is 10.0 Å². The number of anilines is 2. The van der Waals surface area contributed by atoms with Gasteiger partial charge in [0.1, 0.15) is 10.6 Å². The number of aryl methyl sites for hydroxylation is 1. The van der Waals surface area contributed by atoms with Crippen LogP contribution >= 0.6 is 0 Å². The van der Waals surface area contributed by atoms with E-state index >= 15 is 0 Å². The van der Waals surface area contributed by atoms with Crippen LogP contribution in [0.25, 0.3) is 11.1 Å². The monoisotopic (exact) mass is 415 g/mol. The van der Waals surface area contributed by atoms with Crippen LogP contribution in [-0.4, -0.2) is 26.6 Å². The van der Waals surface area contributed by atoms with Crippen LogP contribution in [0.1, 0.15) is 19.5 Å². The van der Waals surface area contributed by atoms with Gasteiger partial charge in [-0.3, -0.25) is 14.8 Å². The van der Waals surface area contributed by atoms with Crippen molar-refractivity contribution in [2.45, 2.75) is 25.2 Å². The molecule has 3 aromatic rings. The van der Waals surface area contributed by atoms with Crippen LogP contribution in [0.4, 0.5) is 11.6 Å². The van der Waals surface area contributed by atoms with Gasteiger partial charge in [0.15, 0.2) is 0 Å².